The zero-order valence-electron chi connectivity index (χ0n) is 8.61. The second-order valence-corrected chi connectivity index (χ2v) is 7.42. The predicted octanol–water partition coefficient (Wildman–Crippen LogP) is 3.91. The fourth-order valence-corrected chi connectivity index (χ4v) is 1.62. The van der Waals surface area contributed by atoms with Crippen LogP contribution in [0, 0.1) is 0 Å². The normalized spacial score (nSPS) is 18.8. The van der Waals surface area contributed by atoms with Crippen molar-refractivity contribution in [1.82, 2.24) is 0 Å². The Hall–Kier alpha value is -0.390. The Bertz CT molecular complexity index is 446. The van der Waals surface area contributed by atoms with E-state index >= 15 is 0 Å². The highest BCUT2D eigenvalue weighted by Gasteiger charge is 2.45. The SMILES string of the molecule is FC1(F)CC(c2ccccc2)C1.O=S(=O)(Cl)Cl. The van der Waals surface area contributed by atoms with Crippen LogP contribution in [0.2, 0.25) is 0 Å². The van der Waals surface area contributed by atoms with E-state index in [2.05, 4.69) is 21.4 Å². The van der Waals surface area contributed by atoms with Crippen molar-refractivity contribution >= 4 is 29.6 Å². The van der Waals surface area contributed by atoms with Crippen LogP contribution in [0.3, 0.4) is 0 Å². The maximum Gasteiger partial charge on any atom is 0.317 e. The molecule has 0 spiro atoms. The van der Waals surface area contributed by atoms with Crippen LogP contribution in [-0.4, -0.2) is 14.3 Å². The summed E-state index contributed by atoms with van der Waals surface area (Å²) in [4.78, 5) is 0. The monoisotopic (exact) mass is 302 g/mol. The van der Waals surface area contributed by atoms with Crippen LogP contribution in [0.1, 0.15) is 24.3 Å². The Balaban J connectivity index is 0.000000249. The lowest BCUT2D eigenvalue weighted by molar-refractivity contribution is -0.0867. The maximum absolute atomic E-state index is 12.5. The van der Waals surface area contributed by atoms with Gasteiger partial charge < -0.3 is 0 Å². The molecule has 0 heterocycles. The summed E-state index contributed by atoms with van der Waals surface area (Å²) in [6, 6.07) is 9.53. The molecule has 0 unspecified atom stereocenters. The third-order valence-corrected chi connectivity index (χ3v) is 2.36. The van der Waals surface area contributed by atoms with Crippen LogP contribution in [0.5, 0.6) is 0 Å². The minimum Gasteiger partial charge on any atom is -0.207 e. The van der Waals surface area contributed by atoms with Gasteiger partial charge in [-0.2, -0.15) is 8.42 Å². The number of hydrogen-bond donors (Lipinski definition) is 0. The van der Waals surface area contributed by atoms with Crippen LogP contribution in [-0.2, 0) is 8.26 Å². The minimum atomic E-state index is -3.72. The van der Waals surface area contributed by atoms with Gasteiger partial charge in [0.05, 0.1) is 0 Å². The molecule has 0 saturated heterocycles. The first kappa shape index (κ1) is 14.7. The Labute approximate surface area is 107 Å². The highest BCUT2D eigenvalue weighted by atomic mass is 36.0. The fourth-order valence-electron chi connectivity index (χ4n) is 1.62. The Morgan fingerprint density at radius 2 is 1.53 bits per heavy atom. The summed E-state index contributed by atoms with van der Waals surface area (Å²) in [5, 5.41) is 0. The van der Waals surface area contributed by atoms with Gasteiger partial charge in [-0.15, -0.1) is 0 Å². The topological polar surface area (TPSA) is 34.1 Å². The predicted molar refractivity (Wildman–Crippen MR) is 64.0 cm³/mol. The molecule has 0 amide bonds. The summed E-state index contributed by atoms with van der Waals surface area (Å²) in [6.45, 7) is 0. The van der Waals surface area contributed by atoms with E-state index in [9.17, 15) is 8.78 Å². The quantitative estimate of drug-likeness (QED) is 0.737. The van der Waals surface area contributed by atoms with Crippen molar-refractivity contribution in [2.45, 2.75) is 24.7 Å². The molecule has 2 rings (SSSR count). The molecule has 7 heteroatoms. The third-order valence-electron chi connectivity index (χ3n) is 2.36. The van der Waals surface area contributed by atoms with Crippen LogP contribution in [0.25, 0.3) is 0 Å². The molecule has 96 valence electrons. The lowest BCUT2D eigenvalue weighted by atomic mass is 9.77. The first-order valence-corrected chi connectivity index (χ1v) is 7.88. The van der Waals surface area contributed by atoms with Crippen LogP contribution < -0.4 is 0 Å². The molecular weight excluding hydrogens is 293 g/mol. The molecule has 0 atom stereocenters. The largest absolute Gasteiger partial charge is 0.317 e. The second kappa shape index (κ2) is 5.50. The smallest absolute Gasteiger partial charge is 0.207 e. The highest BCUT2D eigenvalue weighted by Crippen LogP contribution is 2.47. The zero-order valence-corrected chi connectivity index (χ0v) is 10.9. The van der Waals surface area contributed by atoms with Gasteiger partial charge in [0.15, 0.2) is 0 Å². The first-order valence-electron chi connectivity index (χ1n) is 4.74. The summed E-state index contributed by atoms with van der Waals surface area (Å²) < 4.78 is 43.3. The Morgan fingerprint density at radius 1 is 1.12 bits per heavy atom. The third kappa shape index (κ3) is 6.19. The fraction of sp³-hybridized carbons (Fsp3) is 0.400. The van der Waals surface area contributed by atoms with Gasteiger partial charge in [-0.05, 0) is 11.5 Å². The molecule has 17 heavy (non-hydrogen) atoms. The van der Waals surface area contributed by atoms with E-state index in [1.165, 1.54) is 0 Å². The van der Waals surface area contributed by atoms with Crippen molar-refractivity contribution in [3.05, 3.63) is 35.9 Å². The van der Waals surface area contributed by atoms with E-state index in [1.807, 2.05) is 30.3 Å². The molecule has 1 aromatic carbocycles. The van der Waals surface area contributed by atoms with E-state index < -0.39 is 14.2 Å². The molecule has 2 nitrogen and oxygen atoms in total. The number of rotatable bonds is 1. The molecular formula is C10H10Cl2F2O2S. The average Bonchev–Trinajstić information content (AvgIpc) is 2.13. The van der Waals surface area contributed by atoms with Crippen LogP contribution in [0.15, 0.2) is 30.3 Å². The molecule has 0 N–H and O–H groups in total. The molecule has 1 aliphatic carbocycles. The van der Waals surface area contributed by atoms with E-state index in [0.29, 0.717) is 0 Å². The second-order valence-electron chi connectivity index (χ2n) is 3.75. The van der Waals surface area contributed by atoms with Gasteiger partial charge in [-0.1, -0.05) is 30.3 Å². The molecule has 1 aliphatic rings. The number of hydrogen-bond acceptors (Lipinski definition) is 2. The summed E-state index contributed by atoms with van der Waals surface area (Å²) in [5.74, 6) is -2.32. The highest BCUT2D eigenvalue weighted by molar-refractivity contribution is 8.31. The van der Waals surface area contributed by atoms with Crippen molar-refractivity contribution < 1.29 is 17.2 Å². The van der Waals surface area contributed by atoms with Crippen molar-refractivity contribution in [2.75, 3.05) is 0 Å². The van der Waals surface area contributed by atoms with E-state index in [-0.39, 0.29) is 18.8 Å². The summed E-state index contributed by atoms with van der Waals surface area (Å²) in [6.07, 6.45) is 0.0496. The molecule has 0 aromatic heterocycles. The van der Waals surface area contributed by atoms with Gasteiger partial charge in [0, 0.05) is 34.2 Å². The summed E-state index contributed by atoms with van der Waals surface area (Å²) in [5.41, 5.74) is 1.04. The van der Waals surface area contributed by atoms with E-state index in [0.717, 1.165) is 5.56 Å². The Kier molecular flexibility index (Phi) is 4.75. The van der Waals surface area contributed by atoms with Crippen molar-refractivity contribution in [3.63, 3.8) is 0 Å². The zero-order chi connectivity index (χ0) is 13.1. The lowest BCUT2D eigenvalue weighted by Crippen LogP contribution is -2.33. The van der Waals surface area contributed by atoms with Gasteiger partial charge in [0.1, 0.15) is 0 Å². The summed E-state index contributed by atoms with van der Waals surface area (Å²) >= 11 is 0. The summed E-state index contributed by atoms with van der Waals surface area (Å²) in [7, 11) is 4.81. The number of benzene rings is 1. The average molecular weight is 303 g/mol. The van der Waals surface area contributed by atoms with Gasteiger partial charge in [-0.25, -0.2) is 8.78 Å². The molecule has 0 aliphatic heterocycles. The molecule has 0 bridgehead atoms. The molecule has 0 radical (unpaired) electrons. The molecule has 1 fully saturated rings. The van der Waals surface area contributed by atoms with Crippen molar-refractivity contribution in [2.24, 2.45) is 0 Å². The van der Waals surface area contributed by atoms with Crippen LogP contribution >= 0.6 is 21.4 Å². The van der Waals surface area contributed by atoms with Crippen molar-refractivity contribution in [1.29, 1.82) is 0 Å². The van der Waals surface area contributed by atoms with E-state index in [1.54, 1.807) is 0 Å². The van der Waals surface area contributed by atoms with Crippen LogP contribution in [0.4, 0.5) is 8.78 Å². The molecule has 1 saturated carbocycles. The number of halogens is 4. The first-order chi connectivity index (χ1) is 7.67. The van der Waals surface area contributed by atoms with Gasteiger partial charge >= 0.3 is 8.26 Å². The van der Waals surface area contributed by atoms with Crippen molar-refractivity contribution in [3.8, 4) is 0 Å². The van der Waals surface area contributed by atoms with Gasteiger partial charge in [0.25, 0.3) is 0 Å². The van der Waals surface area contributed by atoms with E-state index in [4.69, 9.17) is 8.42 Å². The maximum atomic E-state index is 12.5. The Morgan fingerprint density at radius 3 is 1.88 bits per heavy atom. The van der Waals surface area contributed by atoms with Gasteiger partial charge in [0.2, 0.25) is 5.92 Å². The molecule has 1 aromatic rings. The lowest BCUT2D eigenvalue weighted by Gasteiger charge is -2.35. The standard InChI is InChI=1S/C10H10F2.Cl2O2S/c11-10(12)6-9(7-10)8-4-2-1-3-5-8;1-5(2,3)4/h1-5,9H,6-7H2;. The van der Waals surface area contributed by atoms with Gasteiger partial charge in [-0.3, -0.25) is 0 Å². The number of alkyl halides is 2. The minimum absolute atomic E-state index is 0.0248.